The maximum atomic E-state index is 12.7. The molecule has 0 aliphatic heterocycles. The van der Waals surface area contributed by atoms with Crippen LogP contribution in [-0.4, -0.2) is 21.9 Å². The number of rotatable bonds is 4. The second kappa shape index (κ2) is 6.04. The minimum Gasteiger partial charge on any atom is -0.271 e. The zero-order valence-electron chi connectivity index (χ0n) is 10.3. The number of nitrogens with one attached hydrogen (secondary N) is 1. The second-order valence-electron chi connectivity index (χ2n) is 3.83. The van der Waals surface area contributed by atoms with Gasteiger partial charge in [-0.05, 0) is 18.2 Å². The number of thiophene rings is 1. The Bertz CT molecular complexity index is 661. The molecular formula is C11H8F4N4OS. The summed E-state index contributed by atoms with van der Waals surface area (Å²) in [5.41, 5.74) is 1.03. The fourth-order valence-electron chi connectivity index (χ4n) is 1.35. The molecule has 1 N–H and O–H groups in total. The molecule has 2 aromatic rings. The lowest BCUT2D eigenvalue weighted by Crippen LogP contribution is -2.23. The normalized spacial score (nSPS) is 12.0. The summed E-state index contributed by atoms with van der Waals surface area (Å²) in [6.07, 6.45) is -2.28. The van der Waals surface area contributed by atoms with E-state index in [1.165, 1.54) is 18.3 Å². The Kier molecular flexibility index (Phi) is 4.36. The van der Waals surface area contributed by atoms with Crippen LogP contribution in [0.5, 0.6) is 0 Å². The Morgan fingerprint density at radius 2 is 2.19 bits per heavy atom. The zero-order chi connectivity index (χ0) is 15.5. The smallest absolute Gasteiger partial charge is 0.271 e. The molecule has 0 radical (unpaired) electrons. The van der Waals surface area contributed by atoms with Gasteiger partial charge >= 0.3 is 6.18 Å². The van der Waals surface area contributed by atoms with Crippen molar-refractivity contribution in [1.29, 1.82) is 0 Å². The number of hydrogen-bond donors (Lipinski definition) is 1. The molecule has 0 aliphatic rings. The Labute approximate surface area is 119 Å². The molecular weight excluding hydrogens is 312 g/mol. The van der Waals surface area contributed by atoms with Crippen LogP contribution in [0.25, 0.3) is 0 Å². The number of halogens is 4. The molecule has 0 atom stereocenters. The van der Waals surface area contributed by atoms with Gasteiger partial charge in [0.2, 0.25) is 0 Å². The van der Waals surface area contributed by atoms with Crippen molar-refractivity contribution in [1.82, 2.24) is 15.2 Å². The number of carbonyl (C=O) groups excluding carboxylic acids is 1. The predicted molar refractivity (Wildman–Crippen MR) is 67.2 cm³/mol. The first-order chi connectivity index (χ1) is 9.84. The van der Waals surface area contributed by atoms with Crippen LogP contribution >= 0.6 is 11.3 Å². The number of nitrogens with zero attached hydrogens (tertiary/aromatic N) is 3. The monoisotopic (exact) mass is 320 g/mol. The maximum absolute atomic E-state index is 12.7. The predicted octanol–water partition coefficient (Wildman–Crippen LogP) is 2.25. The lowest BCUT2D eigenvalue weighted by atomic mass is 10.4. The van der Waals surface area contributed by atoms with Gasteiger partial charge in [0.1, 0.15) is 6.54 Å². The van der Waals surface area contributed by atoms with Gasteiger partial charge in [0, 0.05) is 6.20 Å². The number of carbonyl (C=O) groups is 1. The Morgan fingerprint density at radius 1 is 1.43 bits per heavy atom. The summed E-state index contributed by atoms with van der Waals surface area (Å²) >= 11 is 0.840. The summed E-state index contributed by atoms with van der Waals surface area (Å²) < 4.78 is 50.4. The average Bonchev–Trinajstić information content (AvgIpc) is 2.98. The highest BCUT2D eigenvalue weighted by molar-refractivity contribution is 7.12. The van der Waals surface area contributed by atoms with Crippen molar-refractivity contribution in [2.75, 3.05) is 0 Å². The molecule has 0 aliphatic carbocycles. The van der Waals surface area contributed by atoms with Gasteiger partial charge in [-0.1, -0.05) is 0 Å². The van der Waals surface area contributed by atoms with Crippen molar-refractivity contribution >= 4 is 23.5 Å². The van der Waals surface area contributed by atoms with Gasteiger partial charge in [-0.25, -0.2) is 5.43 Å². The third kappa shape index (κ3) is 4.38. The van der Waals surface area contributed by atoms with E-state index in [0.29, 0.717) is 4.88 Å². The first-order valence-corrected chi connectivity index (χ1v) is 6.34. The largest absolute Gasteiger partial charge is 0.435 e. The number of hydrazone groups is 1. The summed E-state index contributed by atoms with van der Waals surface area (Å²) in [6, 6.07) is 3.49. The molecule has 2 aromatic heterocycles. The highest BCUT2D eigenvalue weighted by Crippen LogP contribution is 2.27. The molecule has 10 heteroatoms. The maximum Gasteiger partial charge on any atom is 0.435 e. The van der Waals surface area contributed by atoms with Crippen LogP contribution in [0.3, 0.4) is 0 Å². The van der Waals surface area contributed by atoms with E-state index in [1.807, 2.05) is 0 Å². The van der Waals surface area contributed by atoms with Gasteiger partial charge in [0.25, 0.3) is 5.91 Å². The van der Waals surface area contributed by atoms with Gasteiger partial charge in [-0.3, -0.25) is 9.48 Å². The molecule has 0 aromatic carbocycles. The molecule has 0 unspecified atom stereocenters. The first kappa shape index (κ1) is 15.2. The molecule has 21 heavy (non-hydrogen) atoms. The van der Waals surface area contributed by atoms with E-state index in [4.69, 9.17) is 0 Å². The van der Waals surface area contributed by atoms with Crippen molar-refractivity contribution in [2.45, 2.75) is 12.7 Å². The molecule has 0 spiro atoms. The number of amides is 1. The summed E-state index contributed by atoms with van der Waals surface area (Å²) in [4.78, 5) is 11.9. The fourth-order valence-corrected chi connectivity index (χ4v) is 1.95. The molecule has 5 nitrogen and oxygen atoms in total. The fraction of sp³-hybridized carbons (Fsp3) is 0.182. The van der Waals surface area contributed by atoms with Crippen LogP contribution in [0.4, 0.5) is 17.6 Å². The Balaban J connectivity index is 1.87. The minimum atomic E-state index is -4.55. The molecule has 0 bridgehead atoms. The minimum absolute atomic E-state index is 0.390. The van der Waals surface area contributed by atoms with Gasteiger partial charge in [-0.2, -0.15) is 27.8 Å². The lowest BCUT2D eigenvalue weighted by Gasteiger charge is -2.02. The lowest BCUT2D eigenvalue weighted by molar-refractivity contribution is -0.141. The van der Waals surface area contributed by atoms with Crippen molar-refractivity contribution in [3.8, 4) is 0 Å². The summed E-state index contributed by atoms with van der Waals surface area (Å²) in [6.45, 7) is -0.410. The second-order valence-corrected chi connectivity index (χ2v) is 4.90. The molecule has 2 heterocycles. The highest BCUT2D eigenvalue weighted by atomic mass is 32.1. The van der Waals surface area contributed by atoms with E-state index in [-0.39, 0.29) is 5.13 Å². The van der Waals surface area contributed by atoms with Crippen molar-refractivity contribution in [3.05, 3.63) is 40.1 Å². The van der Waals surface area contributed by atoms with Crippen molar-refractivity contribution in [3.63, 3.8) is 0 Å². The van der Waals surface area contributed by atoms with E-state index in [2.05, 4.69) is 15.6 Å². The Hall–Kier alpha value is -2.23. The van der Waals surface area contributed by atoms with Crippen LogP contribution in [0.1, 0.15) is 10.6 Å². The molecule has 2 rings (SSSR count). The quantitative estimate of drug-likeness (QED) is 0.534. The molecule has 0 fully saturated rings. The van der Waals surface area contributed by atoms with Crippen molar-refractivity contribution in [2.24, 2.45) is 5.10 Å². The van der Waals surface area contributed by atoms with E-state index in [9.17, 15) is 22.4 Å². The summed E-state index contributed by atoms with van der Waals surface area (Å²) in [5, 5.41) is 6.40. The van der Waals surface area contributed by atoms with Crippen LogP contribution in [0.2, 0.25) is 0 Å². The van der Waals surface area contributed by atoms with Crippen molar-refractivity contribution < 1.29 is 22.4 Å². The van der Waals surface area contributed by atoms with E-state index in [1.54, 1.807) is 0 Å². The standard InChI is InChI=1S/C11H8F4N4OS/c12-9-2-1-7(21-9)5-16-17-10(20)6-19-4-3-8(18-19)11(13,14)15/h1-5H,6H2,(H,17,20). The third-order valence-electron chi connectivity index (χ3n) is 2.21. The molecule has 0 saturated heterocycles. The number of aromatic nitrogens is 2. The van der Waals surface area contributed by atoms with Gasteiger partial charge in [0.05, 0.1) is 11.1 Å². The summed E-state index contributed by atoms with van der Waals surface area (Å²) in [7, 11) is 0. The molecule has 1 amide bonds. The SMILES string of the molecule is O=C(Cn1ccc(C(F)(F)F)n1)NN=Cc1ccc(F)s1. The zero-order valence-corrected chi connectivity index (χ0v) is 11.1. The van der Waals surface area contributed by atoms with Crippen LogP contribution < -0.4 is 5.43 Å². The first-order valence-electron chi connectivity index (χ1n) is 5.52. The molecule has 112 valence electrons. The van der Waals surface area contributed by atoms with Gasteiger partial charge < -0.3 is 0 Å². The van der Waals surface area contributed by atoms with E-state index in [0.717, 1.165) is 28.3 Å². The van der Waals surface area contributed by atoms with E-state index >= 15 is 0 Å². The number of hydrogen-bond acceptors (Lipinski definition) is 4. The average molecular weight is 320 g/mol. The van der Waals surface area contributed by atoms with Crippen LogP contribution in [0, 0.1) is 5.13 Å². The third-order valence-corrected chi connectivity index (χ3v) is 3.02. The molecule has 0 saturated carbocycles. The topological polar surface area (TPSA) is 59.3 Å². The van der Waals surface area contributed by atoms with Crippen LogP contribution in [-0.2, 0) is 17.5 Å². The highest BCUT2D eigenvalue weighted by Gasteiger charge is 2.33. The van der Waals surface area contributed by atoms with Gasteiger partial charge in [-0.15, -0.1) is 11.3 Å². The van der Waals surface area contributed by atoms with Gasteiger partial charge in [0.15, 0.2) is 10.8 Å². The van der Waals surface area contributed by atoms with E-state index < -0.39 is 24.3 Å². The van der Waals surface area contributed by atoms with Crippen LogP contribution in [0.15, 0.2) is 29.5 Å². The Morgan fingerprint density at radius 3 is 2.76 bits per heavy atom. The summed E-state index contributed by atoms with van der Waals surface area (Å²) in [5.74, 6) is -0.653. The number of alkyl halides is 3.